The number of aryl methyl sites for hydroxylation is 1. The molecule has 1 unspecified atom stereocenters. The van der Waals surface area contributed by atoms with Crippen molar-refractivity contribution in [3.8, 4) is 17.1 Å². The van der Waals surface area contributed by atoms with Crippen LogP contribution in [0.5, 0.6) is 0 Å². The van der Waals surface area contributed by atoms with Gasteiger partial charge >= 0.3 is 0 Å². The van der Waals surface area contributed by atoms with Crippen molar-refractivity contribution in [3.63, 3.8) is 0 Å². The number of nitrogens with two attached hydrogens (primary N) is 1. The zero-order valence-corrected chi connectivity index (χ0v) is 17.5. The maximum Gasteiger partial charge on any atom is 0.261 e. The van der Waals surface area contributed by atoms with Crippen molar-refractivity contribution in [2.75, 3.05) is 11.9 Å². The van der Waals surface area contributed by atoms with E-state index in [1.54, 1.807) is 18.7 Å². The number of aromatic amines is 2. The number of imidazole rings is 2. The number of nitrogens with zero attached hydrogens (tertiary/aromatic N) is 3. The molecule has 8 heteroatoms. The van der Waals surface area contributed by atoms with E-state index < -0.39 is 0 Å². The Morgan fingerprint density at radius 3 is 2.81 bits per heavy atom. The summed E-state index contributed by atoms with van der Waals surface area (Å²) in [6, 6.07) is 15.5. The zero-order valence-electron chi connectivity index (χ0n) is 17.5. The summed E-state index contributed by atoms with van der Waals surface area (Å²) in [5.74, 6) is 0.503. The Morgan fingerprint density at radius 1 is 1.19 bits per heavy atom. The van der Waals surface area contributed by atoms with E-state index in [2.05, 4.69) is 20.3 Å². The number of fused-ring (bicyclic) bond motifs is 1. The van der Waals surface area contributed by atoms with Gasteiger partial charge in [0, 0.05) is 36.9 Å². The third-order valence-corrected chi connectivity index (χ3v) is 5.50. The highest BCUT2D eigenvalue weighted by Crippen LogP contribution is 2.27. The summed E-state index contributed by atoms with van der Waals surface area (Å²) in [6.45, 7) is 2.48. The fourth-order valence-electron chi connectivity index (χ4n) is 3.85. The highest BCUT2D eigenvalue weighted by molar-refractivity contribution is 5.86. The molecule has 0 aliphatic rings. The number of nitrogens with one attached hydrogen (secondary N) is 3. The van der Waals surface area contributed by atoms with Crippen LogP contribution in [0.15, 0.2) is 78.2 Å². The van der Waals surface area contributed by atoms with Gasteiger partial charge in [0.25, 0.3) is 5.56 Å². The van der Waals surface area contributed by atoms with Gasteiger partial charge in [-0.25, -0.2) is 9.97 Å². The first-order valence-electron chi connectivity index (χ1n) is 10.4. The number of H-pyrrole nitrogens is 2. The van der Waals surface area contributed by atoms with Gasteiger partial charge < -0.3 is 25.6 Å². The quantitative estimate of drug-likeness (QED) is 0.332. The van der Waals surface area contributed by atoms with Crippen LogP contribution in [-0.4, -0.2) is 31.0 Å². The molecule has 32 heavy (non-hydrogen) atoms. The Hall–Kier alpha value is -4.17. The Bertz CT molecular complexity index is 1420. The largest absolute Gasteiger partial charge is 0.382 e. The van der Waals surface area contributed by atoms with Crippen molar-refractivity contribution in [1.29, 1.82) is 0 Å². The van der Waals surface area contributed by atoms with Crippen molar-refractivity contribution in [3.05, 3.63) is 94.9 Å². The standard InChI is InChI=1S/C24H23N7O/c1-15-11-17(31-10-9-26-14-31)12-20-22(15)30-23(29-20)21-19(7-8-27-24(21)32)28-13-18(25)16-5-3-2-4-6-16/h2-12,14,18H,13,25H2,1H3,(H,29,30)(H2,27,28,32). The lowest BCUT2D eigenvalue weighted by Crippen LogP contribution is -2.22. The molecular weight excluding hydrogens is 402 g/mol. The van der Waals surface area contributed by atoms with Gasteiger partial charge in [-0.1, -0.05) is 30.3 Å². The molecule has 3 heterocycles. The van der Waals surface area contributed by atoms with Gasteiger partial charge in [-0.3, -0.25) is 4.79 Å². The Morgan fingerprint density at radius 2 is 2.03 bits per heavy atom. The van der Waals surface area contributed by atoms with E-state index in [4.69, 9.17) is 10.7 Å². The number of anilines is 1. The van der Waals surface area contributed by atoms with Crippen LogP contribution in [0.2, 0.25) is 0 Å². The van der Waals surface area contributed by atoms with Crippen molar-refractivity contribution >= 4 is 16.7 Å². The summed E-state index contributed by atoms with van der Waals surface area (Å²) in [5, 5.41) is 3.33. The van der Waals surface area contributed by atoms with Crippen LogP contribution >= 0.6 is 0 Å². The van der Waals surface area contributed by atoms with Crippen molar-refractivity contribution in [2.24, 2.45) is 5.73 Å². The second kappa shape index (κ2) is 8.16. The summed E-state index contributed by atoms with van der Waals surface area (Å²) in [4.78, 5) is 27.7. The highest BCUT2D eigenvalue weighted by Gasteiger charge is 2.17. The predicted octanol–water partition coefficient (Wildman–Crippen LogP) is 3.52. The monoisotopic (exact) mass is 425 g/mol. The van der Waals surface area contributed by atoms with Crippen LogP contribution in [0.4, 0.5) is 5.69 Å². The molecule has 3 aromatic heterocycles. The molecular formula is C24H23N7O. The average Bonchev–Trinajstić information content (AvgIpc) is 3.48. The first-order chi connectivity index (χ1) is 15.6. The van der Waals surface area contributed by atoms with Gasteiger partial charge in [-0.05, 0) is 36.2 Å². The second-order valence-corrected chi connectivity index (χ2v) is 7.71. The minimum absolute atomic E-state index is 0.209. The number of rotatable bonds is 6. The topological polar surface area (TPSA) is 117 Å². The molecule has 5 N–H and O–H groups in total. The minimum atomic E-state index is -0.227. The summed E-state index contributed by atoms with van der Waals surface area (Å²) in [7, 11) is 0. The third kappa shape index (κ3) is 3.67. The van der Waals surface area contributed by atoms with Gasteiger partial charge in [-0.15, -0.1) is 0 Å². The molecule has 160 valence electrons. The molecule has 0 saturated heterocycles. The first-order valence-corrected chi connectivity index (χ1v) is 10.4. The zero-order chi connectivity index (χ0) is 22.1. The minimum Gasteiger partial charge on any atom is -0.382 e. The highest BCUT2D eigenvalue weighted by atomic mass is 16.1. The first kappa shape index (κ1) is 19.8. The second-order valence-electron chi connectivity index (χ2n) is 7.71. The molecule has 5 rings (SSSR count). The maximum atomic E-state index is 12.8. The average molecular weight is 425 g/mol. The number of hydrogen-bond donors (Lipinski definition) is 4. The fraction of sp³-hybridized carbons (Fsp3) is 0.125. The van der Waals surface area contributed by atoms with E-state index in [0.29, 0.717) is 23.6 Å². The molecule has 0 radical (unpaired) electrons. The van der Waals surface area contributed by atoms with E-state index in [0.717, 1.165) is 27.8 Å². The van der Waals surface area contributed by atoms with Crippen LogP contribution in [0.1, 0.15) is 17.2 Å². The third-order valence-electron chi connectivity index (χ3n) is 5.50. The van der Waals surface area contributed by atoms with Gasteiger partial charge in [0.05, 0.1) is 23.0 Å². The normalized spacial score (nSPS) is 12.2. The molecule has 8 nitrogen and oxygen atoms in total. The summed E-state index contributed by atoms with van der Waals surface area (Å²) < 4.78 is 1.93. The Balaban J connectivity index is 1.51. The van der Waals surface area contributed by atoms with Crippen LogP contribution in [0, 0.1) is 6.92 Å². The molecule has 0 fully saturated rings. The van der Waals surface area contributed by atoms with Gasteiger partial charge in [0.2, 0.25) is 0 Å². The fourth-order valence-corrected chi connectivity index (χ4v) is 3.85. The van der Waals surface area contributed by atoms with Crippen LogP contribution in [0.25, 0.3) is 28.1 Å². The Labute approximate surface area is 184 Å². The molecule has 0 aliphatic carbocycles. The van der Waals surface area contributed by atoms with Crippen molar-refractivity contribution < 1.29 is 0 Å². The molecule has 5 aromatic rings. The van der Waals surface area contributed by atoms with E-state index in [1.165, 1.54) is 0 Å². The number of aromatic nitrogens is 5. The lowest BCUT2D eigenvalue weighted by Gasteiger charge is -2.15. The number of pyridine rings is 1. The summed E-state index contributed by atoms with van der Waals surface area (Å²) in [5.41, 5.74) is 11.9. The van der Waals surface area contributed by atoms with Gasteiger partial charge in [0.1, 0.15) is 11.4 Å². The summed E-state index contributed by atoms with van der Waals surface area (Å²) in [6.07, 6.45) is 6.99. The molecule has 0 saturated carbocycles. The van der Waals surface area contributed by atoms with E-state index in [1.807, 2.05) is 66.2 Å². The van der Waals surface area contributed by atoms with Crippen molar-refractivity contribution in [2.45, 2.75) is 13.0 Å². The maximum absolute atomic E-state index is 12.8. The lowest BCUT2D eigenvalue weighted by molar-refractivity contribution is 0.764. The Kier molecular flexibility index (Phi) is 5.04. The predicted molar refractivity (Wildman–Crippen MR) is 126 cm³/mol. The smallest absolute Gasteiger partial charge is 0.261 e. The van der Waals surface area contributed by atoms with Crippen LogP contribution < -0.4 is 16.6 Å². The van der Waals surface area contributed by atoms with Crippen molar-refractivity contribution in [1.82, 2.24) is 24.5 Å². The molecule has 1 atom stereocenters. The van der Waals surface area contributed by atoms with Gasteiger partial charge in [0.15, 0.2) is 0 Å². The van der Waals surface area contributed by atoms with Crippen LogP contribution in [0.3, 0.4) is 0 Å². The van der Waals surface area contributed by atoms with E-state index >= 15 is 0 Å². The van der Waals surface area contributed by atoms with E-state index in [-0.39, 0.29) is 11.6 Å². The summed E-state index contributed by atoms with van der Waals surface area (Å²) >= 11 is 0. The van der Waals surface area contributed by atoms with Gasteiger partial charge in [-0.2, -0.15) is 0 Å². The van der Waals surface area contributed by atoms with Crippen LogP contribution in [-0.2, 0) is 0 Å². The van der Waals surface area contributed by atoms with E-state index in [9.17, 15) is 4.79 Å². The number of benzene rings is 2. The molecule has 0 aliphatic heterocycles. The number of hydrogen-bond acceptors (Lipinski definition) is 5. The SMILES string of the molecule is Cc1cc(-n2ccnc2)cc2[nH]c(-c3c(NCC(N)c4ccccc4)cc[nH]c3=O)nc12. The molecule has 2 aromatic carbocycles. The molecule has 0 amide bonds. The molecule has 0 spiro atoms. The molecule has 0 bridgehead atoms. The lowest BCUT2D eigenvalue weighted by atomic mass is 10.1.